The maximum Gasteiger partial charge on any atom is 0.149 e. The molecule has 1 atom stereocenters. The predicted octanol–water partition coefficient (Wildman–Crippen LogP) is 3.46. The molecule has 4 rings (SSSR count). The number of aryl methyl sites for hydroxylation is 1. The number of aliphatic hydroxyl groups is 2. The Labute approximate surface area is 171 Å². The lowest BCUT2D eigenvalue weighted by atomic mass is 10.0. The number of fused-ring (bicyclic) bond motifs is 1. The van der Waals surface area contributed by atoms with Crippen LogP contribution in [0.15, 0.2) is 54.7 Å². The molecule has 0 bridgehead atoms. The summed E-state index contributed by atoms with van der Waals surface area (Å²) in [6.07, 6.45) is 0.453. The van der Waals surface area contributed by atoms with Crippen LogP contribution in [0.2, 0.25) is 0 Å². The average molecular weight is 404 g/mol. The molecule has 0 saturated carbocycles. The first kappa shape index (κ1) is 19.5. The smallest absolute Gasteiger partial charge is 0.149 e. The van der Waals surface area contributed by atoms with Crippen molar-refractivity contribution in [2.45, 2.75) is 6.10 Å². The summed E-state index contributed by atoms with van der Waals surface area (Å²) in [4.78, 5) is 4.26. The van der Waals surface area contributed by atoms with Crippen molar-refractivity contribution in [3.05, 3.63) is 71.8 Å². The number of pyridine rings is 1. The lowest BCUT2D eigenvalue weighted by molar-refractivity contribution is 0.0956. The summed E-state index contributed by atoms with van der Waals surface area (Å²) in [7, 11) is 1.66. The Balaban J connectivity index is 1.65. The van der Waals surface area contributed by atoms with Crippen molar-refractivity contribution in [2.24, 2.45) is 7.05 Å². The van der Waals surface area contributed by atoms with Gasteiger partial charge in [-0.1, -0.05) is 0 Å². The van der Waals surface area contributed by atoms with Crippen LogP contribution in [0, 0.1) is 17.1 Å². The molecule has 0 unspecified atom stereocenters. The molecule has 0 fully saturated rings. The van der Waals surface area contributed by atoms with Crippen LogP contribution in [0.1, 0.15) is 17.4 Å². The minimum Gasteiger partial charge on any atom is -0.457 e. The first-order valence-corrected chi connectivity index (χ1v) is 9.09. The third-order valence-corrected chi connectivity index (χ3v) is 4.71. The fourth-order valence-electron chi connectivity index (χ4n) is 3.18. The number of rotatable bonds is 5. The number of ether oxygens (including phenoxy) is 1. The van der Waals surface area contributed by atoms with E-state index in [0.29, 0.717) is 39.2 Å². The van der Waals surface area contributed by atoms with E-state index in [-0.39, 0.29) is 11.5 Å². The quantitative estimate of drug-likeness (QED) is 0.528. The molecule has 0 aliphatic rings. The molecular weight excluding hydrogens is 387 g/mol. The Morgan fingerprint density at radius 2 is 1.97 bits per heavy atom. The van der Waals surface area contributed by atoms with E-state index in [1.807, 2.05) is 6.07 Å². The summed E-state index contributed by atoms with van der Waals surface area (Å²) >= 11 is 0. The number of aromatic nitrogens is 3. The third-order valence-electron chi connectivity index (χ3n) is 4.71. The zero-order chi connectivity index (χ0) is 21.3. The summed E-state index contributed by atoms with van der Waals surface area (Å²) in [5.74, 6) is 0.629. The topological polar surface area (TPSA) is 104 Å². The number of halogens is 1. The minimum absolute atomic E-state index is 0.139. The number of benzene rings is 2. The van der Waals surface area contributed by atoms with E-state index in [0.717, 1.165) is 0 Å². The molecule has 8 heteroatoms. The van der Waals surface area contributed by atoms with E-state index >= 15 is 0 Å². The first-order valence-electron chi connectivity index (χ1n) is 9.09. The summed E-state index contributed by atoms with van der Waals surface area (Å²) in [6, 6.07) is 14.9. The Hall–Kier alpha value is -3.80. The third kappa shape index (κ3) is 3.59. The largest absolute Gasteiger partial charge is 0.457 e. The van der Waals surface area contributed by atoms with Crippen molar-refractivity contribution in [3.8, 4) is 28.8 Å². The van der Waals surface area contributed by atoms with Gasteiger partial charge >= 0.3 is 0 Å². The van der Waals surface area contributed by atoms with Crippen LogP contribution in [-0.2, 0) is 7.05 Å². The maximum absolute atomic E-state index is 14.0. The first-order chi connectivity index (χ1) is 14.5. The van der Waals surface area contributed by atoms with E-state index in [1.54, 1.807) is 49.6 Å². The molecule has 0 amide bonds. The zero-order valence-corrected chi connectivity index (χ0v) is 16.0. The van der Waals surface area contributed by atoms with Gasteiger partial charge in [0.25, 0.3) is 0 Å². The minimum atomic E-state index is -1.10. The summed E-state index contributed by atoms with van der Waals surface area (Å²) in [5.41, 5.74) is 2.10. The number of hydrogen-bond donors (Lipinski definition) is 2. The van der Waals surface area contributed by atoms with Crippen molar-refractivity contribution >= 4 is 10.9 Å². The second-order valence-corrected chi connectivity index (χ2v) is 6.68. The van der Waals surface area contributed by atoms with Crippen LogP contribution in [-0.4, -0.2) is 31.6 Å². The fourth-order valence-corrected chi connectivity index (χ4v) is 3.18. The molecular formula is C22H17FN4O3. The highest BCUT2D eigenvalue weighted by molar-refractivity contribution is 5.86. The molecule has 0 radical (unpaired) electrons. The van der Waals surface area contributed by atoms with Crippen molar-refractivity contribution < 1.29 is 19.3 Å². The number of nitrogens with zero attached hydrogens (tertiary/aromatic N) is 4. The van der Waals surface area contributed by atoms with Crippen molar-refractivity contribution in [3.63, 3.8) is 0 Å². The van der Waals surface area contributed by atoms with Gasteiger partial charge in [-0.3, -0.25) is 4.68 Å². The van der Waals surface area contributed by atoms with Gasteiger partial charge in [0, 0.05) is 12.6 Å². The van der Waals surface area contributed by atoms with Crippen LogP contribution in [0.25, 0.3) is 22.2 Å². The van der Waals surface area contributed by atoms with Crippen LogP contribution in [0.3, 0.4) is 0 Å². The molecule has 2 aromatic heterocycles. The SMILES string of the molecule is Cn1ncc2c(Oc3ccc(-c4cc([C@H](O)CO)cc(C#N)n4)cc3)ccc(F)c21. The molecule has 2 N–H and O–H groups in total. The summed E-state index contributed by atoms with van der Waals surface area (Å²) in [5, 5.41) is 32.9. The Morgan fingerprint density at radius 3 is 2.67 bits per heavy atom. The highest BCUT2D eigenvalue weighted by Gasteiger charge is 2.14. The molecule has 0 aliphatic heterocycles. The molecule has 7 nitrogen and oxygen atoms in total. The van der Waals surface area contributed by atoms with Gasteiger partial charge in [-0.15, -0.1) is 0 Å². The summed E-state index contributed by atoms with van der Waals surface area (Å²) in [6.45, 7) is -0.457. The standard InChI is InChI=1S/C22H17FN4O3/c1-27-22-17(11-25-27)21(7-6-18(22)23)30-16-4-2-13(3-5-16)19-9-14(20(29)12-28)8-15(10-24)26-19/h2-9,11,20,28-29H,12H2,1H3/t20-/m1/s1. The Morgan fingerprint density at radius 1 is 1.20 bits per heavy atom. The van der Waals surface area contributed by atoms with E-state index < -0.39 is 12.7 Å². The van der Waals surface area contributed by atoms with Gasteiger partial charge < -0.3 is 14.9 Å². The molecule has 2 heterocycles. The van der Waals surface area contributed by atoms with Gasteiger partial charge in [0.1, 0.15) is 40.7 Å². The van der Waals surface area contributed by atoms with Gasteiger partial charge in [0.15, 0.2) is 0 Å². The highest BCUT2D eigenvalue weighted by atomic mass is 19.1. The molecule has 0 spiro atoms. The molecule has 150 valence electrons. The van der Waals surface area contributed by atoms with Crippen molar-refractivity contribution in [1.82, 2.24) is 14.8 Å². The van der Waals surface area contributed by atoms with Crippen LogP contribution < -0.4 is 4.74 Å². The number of hydrogen-bond acceptors (Lipinski definition) is 6. The Bertz CT molecular complexity index is 1260. The van der Waals surface area contributed by atoms with E-state index in [1.165, 1.54) is 16.8 Å². The molecule has 30 heavy (non-hydrogen) atoms. The number of nitriles is 1. The van der Waals surface area contributed by atoms with Crippen molar-refractivity contribution in [2.75, 3.05) is 6.61 Å². The van der Waals surface area contributed by atoms with Crippen molar-refractivity contribution in [1.29, 1.82) is 5.26 Å². The lowest BCUT2D eigenvalue weighted by Crippen LogP contribution is -2.04. The van der Waals surface area contributed by atoms with Gasteiger partial charge in [-0.05, 0) is 54.1 Å². The van der Waals surface area contributed by atoms with Gasteiger partial charge in [-0.25, -0.2) is 9.37 Å². The maximum atomic E-state index is 14.0. The molecule has 0 saturated heterocycles. The van der Waals surface area contributed by atoms with E-state index in [2.05, 4.69) is 10.1 Å². The highest BCUT2D eigenvalue weighted by Crippen LogP contribution is 2.32. The second kappa shape index (κ2) is 7.91. The van der Waals surface area contributed by atoms with Crippen LogP contribution in [0.4, 0.5) is 4.39 Å². The normalized spacial score (nSPS) is 12.0. The zero-order valence-electron chi connectivity index (χ0n) is 16.0. The Kier molecular flexibility index (Phi) is 5.14. The molecule has 0 aliphatic carbocycles. The van der Waals surface area contributed by atoms with Gasteiger partial charge in [0.2, 0.25) is 0 Å². The predicted molar refractivity (Wildman–Crippen MR) is 107 cm³/mol. The molecule has 2 aromatic carbocycles. The lowest BCUT2D eigenvalue weighted by Gasteiger charge is -2.11. The summed E-state index contributed by atoms with van der Waals surface area (Å²) < 4.78 is 21.4. The second-order valence-electron chi connectivity index (χ2n) is 6.68. The van der Waals surface area contributed by atoms with Crippen LogP contribution >= 0.6 is 0 Å². The average Bonchev–Trinajstić information content (AvgIpc) is 3.18. The van der Waals surface area contributed by atoms with E-state index in [4.69, 9.17) is 4.74 Å². The number of aliphatic hydroxyl groups excluding tert-OH is 2. The van der Waals surface area contributed by atoms with E-state index in [9.17, 15) is 19.9 Å². The molecule has 4 aromatic rings. The fraction of sp³-hybridized carbons (Fsp3) is 0.136. The monoisotopic (exact) mass is 404 g/mol. The van der Waals surface area contributed by atoms with Gasteiger partial charge in [-0.2, -0.15) is 10.4 Å². The van der Waals surface area contributed by atoms with Gasteiger partial charge in [0.05, 0.1) is 23.9 Å². The van der Waals surface area contributed by atoms with Crippen LogP contribution in [0.5, 0.6) is 11.5 Å².